The van der Waals surface area contributed by atoms with Gasteiger partial charge in [-0.05, 0) is 35.5 Å². The fraction of sp³-hybridized carbons (Fsp3) is 0.500. The van der Waals surface area contributed by atoms with E-state index in [1.165, 1.54) is 5.56 Å². The van der Waals surface area contributed by atoms with Crippen LogP contribution in [0.25, 0.3) is 10.4 Å². The Morgan fingerprint density at radius 3 is 2.45 bits per heavy atom. The smallest absolute Gasteiger partial charge is 0.239 e. The molecule has 0 saturated heterocycles. The second-order valence-corrected chi connectivity index (χ2v) is 4.92. The lowest BCUT2D eigenvalue weighted by molar-refractivity contribution is -0.120. The molecule has 1 atom stereocenters. The van der Waals surface area contributed by atoms with E-state index in [4.69, 9.17) is 11.3 Å². The molecule has 1 unspecified atom stereocenters. The van der Waals surface area contributed by atoms with Crippen LogP contribution in [-0.2, 0) is 4.79 Å². The molecule has 0 aliphatic carbocycles. The largest absolute Gasteiger partial charge is 0.368 e. The van der Waals surface area contributed by atoms with Crippen molar-refractivity contribution in [3.8, 4) is 0 Å². The monoisotopic (exact) mass is 275 g/mol. The molecular formula is C14H21N5O. The van der Waals surface area contributed by atoms with Crippen LogP contribution in [0, 0.1) is 0 Å². The molecule has 0 aliphatic heterocycles. The maximum atomic E-state index is 11.5. The number of primary amides is 1. The highest BCUT2D eigenvalue weighted by Crippen LogP contribution is 2.18. The number of hydrogen-bond acceptors (Lipinski definition) is 3. The number of nitrogens with two attached hydrogens (primary N) is 1. The zero-order valence-corrected chi connectivity index (χ0v) is 11.9. The Bertz CT molecular complexity index is 477. The van der Waals surface area contributed by atoms with Crippen LogP contribution in [0.1, 0.15) is 43.4 Å². The van der Waals surface area contributed by atoms with Crippen molar-refractivity contribution >= 4 is 5.91 Å². The van der Waals surface area contributed by atoms with Gasteiger partial charge < -0.3 is 11.1 Å². The Labute approximate surface area is 119 Å². The molecule has 0 heterocycles. The highest BCUT2D eigenvalue weighted by Gasteiger charge is 2.16. The molecule has 1 amide bonds. The highest BCUT2D eigenvalue weighted by molar-refractivity contribution is 5.81. The molecule has 0 radical (unpaired) electrons. The van der Waals surface area contributed by atoms with Crippen LogP contribution in [0.15, 0.2) is 29.4 Å². The molecule has 108 valence electrons. The van der Waals surface area contributed by atoms with Gasteiger partial charge in [0.05, 0.1) is 0 Å². The van der Waals surface area contributed by atoms with Gasteiger partial charge in [0.25, 0.3) is 0 Å². The number of nitrogens with zero attached hydrogens (tertiary/aromatic N) is 3. The minimum atomic E-state index is -0.512. The Kier molecular flexibility index (Phi) is 6.56. The topological polar surface area (TPSA) is 104 Å². The quantitative estimate of drug-likeness (QED) is 0.329. The summed E-state index contributed by atoms with van der Waals surface area (Å²) in [5.41, 5.74) is 15.7. The standard InChI is InChI=1S/C14H21N5O/c1-10(2)11-4-6-12(7-5-11)13(14(15)20)17-8-3-9-18-19-16/h4-7,10,13,17H,3,8-9H2,1-2H3,(H2,15,20). The van der Waals surface area contributed by atoms with Crippen molar-refractivity contribution in [2.45, 2.75) is 32.2 Å². The van der Waals surface area contributed by atoms with Crippen molar-refractivity contribution in [1.29, 1.82) is 0 Å². The minimum absolute atomic E-state index is 0.404. The maximum Gasteiger partial charge on any atom is 0.239 e. The van der Waals surface area contributed by atoms with Gasteiger partial charge in [0, 0.05) is 11.5 Å². The fourth-order valence-electron chi connectivity index (χ4n) is 1.90. The molecule has 0 aromatic heterocycles. The summed E-state index contributed by atoms with van der Waals surface area (Å²) in [6.45, 7) is 5.21. The molecule has 0 aliphatic rings. The van der Waals surface area contributed by atoms with Crippen LogP contribution in [0.2, 0.25) is 0 Å². The number of hydrogen-bond donors (Lipinski definition) is 2. The zero-order valence-electron chi connectivity index (χ0n) is 11.9. The number of rotatable bonds is 8. The molecule has 0 spiro atoms. The molecular weight excluding hydrogens is 254 g/mol. The minimum Gasteiger partial charge on any atom is -0.368 e. The summed E-state index contributed by atoms with van der Waals surface area (Å²) >= 11 is 0. The van der Waals surface area contributed by atoms with E-state index in [-0.39, 0.29) is 0 Å². The summed E-state index contributed by atoms with van der Waals surface area (Å²) in [7, 11) is 0. The van der Waals surface area contributed by atoms with E-state index >= 15 is 0 Å². The van der Waals surface area contributed by atoms with Crippen LogP contribution in [0.5, 0.6) is 0 Å². The first-order valence-corrected chi connectivity index (χ1v) is 6.69. The van der Waals surface area contributed by atoms with E-state index in [0.717, 1.165) is 5.56 Å². The maximum absolute atomic E-state index is 11.5. The summed E-state index contributed by atoms with van der Waals surface area (Å²) in [5, 5.41) is 6.53. The summed E-state index contributed by atoms with van der Waals surface area (Å²) in [4.78, 5) is 14.2. The summed E-state index contributed by atoms with van der Waals surface area (Å²) in [5.74, 6) is 0.0407. The van der Waals surface area contributed by atoms with E-state index in [0.29, 0.717) is 25.4 Å². The van der Waals surface area contributed by atoms with Crippen LogP contribution in [0.3, 0.4) is 0 Å². The van der Waals surface area contributed by atoms with Crippen molar-refractivity contribution in [2.75, 3.05) is 13.1 Å². The number of nitrogens with one attached hydrogen (secondary N) is 1. The van der Waals surface area contributed by atoms with Gasteiger partial charge in [-0.25, -0.2) is 0 Å². The van der Waals surface area contributed by atoms with E-state index in [1.807, 2.05) is 24.3 Å². The van der Waals surface area contributed by atoms with Crippen molar-refractivity contribution in [3.63, 3.8) is 0 Å². The normalized spacial score (nSPS) is 11.9. The van der Waals surface area contributed by atoms with E-state index < -0.39 is 11.9 Å². The molecule has 6 nitrogen and oxygen atoms in total. The molecule has 1 aromatic carbocycles. The summed E-state index contributed by atoms with van der Waals surface area (Å²) < 4.78 is 0. The number of carbonyl (C=O) groups excluding carboxylic acids is 1. The Morgan fingerprint density at radius 2 is 1.95 bits per heavy atom. The van der Waals surface area contributed by atoms with Crippen molar-refractivity contribution in [2.24, 2.45) is 10.8 Å². The third-order valence-corrected chi connectivity index (χ3v) is 3.07. The number of carbonyl (C=O) groups is 1. The fourth-order valence-corrected chi connectivity index (χ4v) is 1.90. The van der Waals surface area contributed by atoms with Crippen LogP contribution >= 0.6 is 0 Å². The molecule has 6 heteroatoms. The van der Waals surface area contributed by atoms with Gasteiger partial charge in [0.2, 0.25) is 5.91 Å². The van der Waals surface area contributed by atoms with Crippen molar-refractivity contribution in [1.82, 2.24) is 5.32 Å². The number of amides is 1. The van der Waals surface area contributed by atoms with Crippen LogP contribution in [-0.4, -0.2) is 19.0 Å². The first-order valence-electron chi connectivity index (χ1n) is 6.69. The van der Waals surface area contributed by atoms with Gasteiger partial charge in [0.15, 0.2) is 0 Å². The Hall–Kier alpha value is -2.04. The van der Waals surface area contributed by atoms with Gasteiger partial charge in [-0.3, -0.25) is 4.79 Å². The van der Waals surface area contributed by atoms with Gasteiger partial charge in [0.1, 0.15) is 6.04 Å². The zero-order chi connectivity index (χ0) is 15.0. The number of azide groups is 1. The molecule has 3 N–H and O–H groups in total. The molecule has 20 heavy (non-hydrogen) atoms. The van der Waals surface area contributed by atoms with E-state index in [1.54, 1.807) is 0 Å². The van der Waals surface area contributed by atoms with Crippen molar-refractivity contribution < 1.29 is 4.79 Å². The van der Waals surface area contributed by atoms with E-state index in [9.17, 15) is 4.79 Å². The van der Waals surface area contributed by atoms with Gasteiger partial charge >= 0.3 is 0 Å². The molecule has 1 aromatic rings. The average Bonchev–Trinajstić information content (AvgIpc) is 2.42. The SMILES string of the molecule is CC(C)c1ccc(C(NCCCN=[N+]=[N-])C(N)=O)cc1. The van der Waals surface area contributed by atoms with Gasteiger partial charge in [-0.2, -0.15) is 0 Å². The van der Waals surface area contributed by atoms with Gasteiger partial charge in [-0.15, -0.1) is 0 Å². The predicted octanol–water partition coefficient (Wildman–Crippen LogP) is 2.63. The predicted molar refractivity (Wildman–Crippen MR) is 79.1 cm³/mol. The first-order chi connectivity index (χ1) is 9.56. The second-order valence-electron chi connectivity index (χ2n) is 4.92. The van der Waals surface area contributed by atoms with Crippen LogP contribution < -0.4 is 11.1 Å². The average molecular weight is 275 g/mol. The third-order valence-electron chi connectivity index (χ3n) is 3.07. The lowest BCUT2D eigenvalue weighted by Gasteiger charge is -2.16. The molecule has 1 rings (SSSR count). The Balaban J connectivity index is 2.65. The van der Waals surface area contributed by atoms with Gasteiger partial charge in [-0.1, -0.05) is 43.2 Å². The van der Waals surface area contributed by atoms with E-state index in [2.05, 4.69) is 29.2 Å². The molecule has 0 fully saturated rings. The lowest BCUT2D eigenvalue weighted by Crippen LogP contribution is -2.34. The summed E-state index contributed by atoms with van der Waals surface area (Å²) in [6.07, 6.45) is 0.665. The third kappa shape index (κ3) is 4.91. The molecule has 0 saturated carbocycles. The van der Waals surface area contributed by atoms with Crippen molar-refractivity contribution in [3.05, 3.63) is 45.8 Å². The second kappa shape index (κ2) is 8.19. The number of benzene rings is 1. The molecule has 0 bridgehead atoms. The first kappa shape index (κ1) is 16.0. The highest BCUT2D eigenvalue weighted by atomic mass is 16.1. The lowest BCUT2D eigenvalue weighted by atomic mass is 9.99. The summed E-state index contributed by atoms with van der Waals surface area (Å²) in [6, 6.07) is 7.35. The van der Waals surface area contributed by atoms with Crippen LogP contribution in [0.4, 0.5) is 0 Å². The Morgan fingerprint density at radius 1 is 1.35 bits per heavy atom.